The number of hydrogen-bond acceptors (Lipinski definition) is 3. The number of pyridine rings is 1. The maximum atomic E-state index is 11.9. The molecule has 0 unspecified atom stereocenters. The Morgan fingerprint density at radius 2 is 1.80 bits per heavy atom. The Hall–Kier alpha value is -1.67. The fraction of sp³-hybridized carbons (Fsp3) is 0. The lowest BCUT2D eigenvalue weighted by Gasteiger charge is -2.07. The van der Waals surface area contributed by atoms with E-state index in [1.54, 1.807) is 36.5 Å². The molecule has 7 heteroatoms. The number of aromatic nitrogens is 1. The molecular weight excluding hydrogens is 393 g/mol. The van der Waals surface area contributed by atoms with Crippen molar-refractivity contribution in [3.05, 3.63) is 62.4 Å². The smallest absolute Gasteiger partial charge is 0.267 e. The molecule has 2 aromatic rings. The van der Waals surface area contributed by atoms with Crippen LogP contribution in [0.15, 0.2) is 42.7 Å². The van der Waals surface area contributed by atoms with Gasteiger partial charge < -0.3 is 0 Å². The maximum Gasteiger partial charge on any atom is 0.271 e. The molecular formula is C13H9ClIN3O2. The van der Waals surface area contributed by atoms with Gasteiger partial charge >= 0.3 is 0 Å². The number of benzene rings is 1. The van der Waals surface area contributed by atoms with E-state index in [9.17, 15) is 9.59 Å². The van der Waals surface area contributed by atoms with E-state index in [0.29, 0.717) is 16.1 Å². The summed E-state index contributed by atoms with van der Waals surface area (Å²) >= 11 is 7.90. The number of carbonyl (C=O) groups excluding carboxylic acids is 2. The zero-order chi connectivity index (χ0) is 14.5. The Morgan fingerprint density at radius 1 is 1.10 bits per heavy atom. The molecule has 0 spiro atoms. The van der Waals surface area contributed by atoms with E-state index in [2.05, 4.69) is 15.8 Å². The number of nitrogens with zero attached hydrogens (tertiary/aromatic N) is 1. The average Bonchev–Trinajstić information content (AvgIpc) is 2.48. The second-order valence-electron chi connectivity index (χ2n) is 3.78. The summed E-state index contributed by atoms with van der Waals surface area (Å²) in [4.78, 5) is 27.4. The van der Waals surface area contributed by atoms with Crippen LogP contribution in [-0.2, 0) is 0 Å². The van der Waals surface area contributed by atoms with Crippen LogP contribution in [0, 0.1) is 3.57 Å². The van der Waals surface area contributed by atoms with Gasteiger partial charge in [-0.05, 0) is 52.9 Å². The molecule has 5 nitrogen and oxygen atoms in total. The highest BCUT2D eigenvalue weighted by Gasteiger charge is 2.10. The van der Waals surface area contributed by atoms with Crippen molar-refractivity contribution in [1.29, 1.82) is 0 Å². The number of rotatable bonds is 2. The summed E-state index contributed by atoms with van der Waals surface area (Å²) in [6, 6.07) is 8.07. The first-order valence-electron chi connectivity index (χ1n) is 5.53. The Kier molecular flexibility index (Phi) is 4.91. The molecule has 0 atom stereocenters. The van der Waals surface area contributed by atoms with Crippen LogP contribution in [0.5, 0.6) is 0 Å². The molecule has 0 radical (unpaired) electrons. The monoisotopic (exact) mass is 401 g/mol. The first-order valence-corrected chi connectivity index (χ1v) is 6.99. The van der Waals surface area contributed by atoms with Crippen LogP contribution < -0.4 is 10.9 Å². The molecule has 0 saturated carbocycles. The minimum Gasteiger partial charge on any atom is -0.267 e. The van der Waals surface area contributed by atoms with Crippen LogP contribution in [0.3, 0.4) is 0 Å². The largest absolute Gasteiger partial charge is 0.271 e. The molecule has 20 heavy (non-hydrogen) atoms. The molecule has 0 fully saturated rings. The molecule has 2 rings (SSSR count). The van der Waals surface area contributed by atoms with Gasteiger partial charge in [-0.25, -0.2) is 0 Å². The van der Waals surface area contributed by atoms with Crippen molar-refractivity contribution in [2.45, 2.75) is 0 Å². The van der Waals surface area contributed by atoms with Crippen molar-refractivity contribution in [2.24, 2.45) is 0 Å². The summed E-state index contributed by atoms with van der Waals surface area (Å²) in [5.74, 6) is -0.855. The van der Waals surface area contributed by atoms with Gasteiger partial charge in [0.05, 0.1) is 10.6 Å². The topological polar surface area (TPSA) is 71.1 Å². The Morgan fingerprint density at radius 3 is 2.40 bits per heavy atom. The number of amides is 2. The average molecular weight is 402 g/mol. The fourth-order valence-corrected chi connectivity index (χ4v) is 2.03. The molecule has 0 aliphatic heterocycles. The van der Waals surface area contributed by atoms with Crippen LogP contribution in [0.25, 0.3) is 0 Å². The highest BCUT2D eigenvalue weighted by molar-refractivity contribution is 14.1. The number of hydrazine groups is 1. The maximum absolute atomic E-state index is 11.9. The number of carbonyl (C=O) groups is 2. The fourth-order valence-electron chi connectivity index (χ4n) is 1.39. The summed E-state index contributed by atoms with van der Waals surface area (Å²) in [6.45, 7) is 0. The van der Waals surface area contributed by atoms with Gasteiger partial charge in [0.1, 0.15) is 0 Å². The summed E-state index contributed by atoms with van der Waals surface area (Å²) in [5.41, 5.74) is 5.42. The Labute approximate surface area is 133 Å². The van der Waals surface area contributed by atoms with E-state index in [1.807, 2.05) is 22.6 Å². The van der Waals surface area contributed by atoms with Crippen molar-refractivity contribution < 1.29 is 9.59 Å². The third kappa shape index (κ3) is 3.67. The van der Waals surface area contributed by atoms with Crippen LogP contribution in [0.4, 0.5) is 0 Å². The molecule has 0 saturated heterocycles. The zero-order valence-electron chi connectivity index (χ0n) is 10.1. The molecule has 1 aromatic heterocycles. The molecule has 102 valence electrons. The predicted octanol–water partition coefficient (Wildman–Crippen LogP) is 2.41. The van der Waals surface area contributed by atoms with Gasteiger partial charge in [-0.15, -0.1) is 0 Å². The van der Waals surface area contributed by atoms with Gasteiger partial charge in [0.15, 0.2) is 0 Å². The first kappa shape index (κ1) is 14.7. The Bertz CT molecular complexity index is 649. The van der Waals surface area contributed by atoms with E-state index in [4.69, 9.17) is 11.6 Å². The molecule has 2 N–H and O–H groups in total. The molecule has 0 bridgehead atoms. The Balaban J connectivity index is 1.98. The second-order valence-corrected chi connectivity index (χ2v) is 5.35. The minimum absolute atomic E-state index is 0.360. The SMILES string of the molecule is O=C(NNC(=O)c1ccc(Cl)c(I)c1)c1cccnc1. The quantitative estimate of drug-likeness (QED) is 0.600. The van der Waals surface area contributed by atoms with Gasteiger partial charge in [-0.3, -0.25) is 25.4 Å². The second kappa shape index (κ2) is 6.67. The third-order valence-electron chi connectivity index (χ3n) is 2.40. The molecule has 2 amide bonds. The molecule has 1 aromatic carbocycles. The van der Waals surface area contributed by atoms with Crippen molar-refractivity contribution in [1.82, 2.24) is 15.8 Å². The lowest BCUT2D eigenvalue weighted by Crippen LogP contribution is -2.41. The van der Waals surface area contributed by atoms with Crippen LogP contribution in [-0.4, -0.2) is 16.8 Å². The lowest BCUT2D eigenvalue weighted by molar-refractivity contribution is 0.0846. The van der Waals surface area contributed by atoms with Crippen LogP contribution >= 0.6 is 34.2 Å². The third-order valence-corrected chi connectivity index (χ3v) is 3.94. The van der Waals surface area contributed by atoms with Crippen molar-refractivity contribution in [3.63, 3.8) is 0 Å². The molecule has 1 heterocycles. The van der Waals surface area contributed by atoms with Gasteiger partial charge in [0.2, 0.25) is 0 Å². The summed E-state index contributed by atoms with van der Waals surface area (Å²) < 4.78 is 0.760. The van der Waals surface area contributed by atoms with Gasteiger partial charge in [0, 0.05) is 21.5 Å². The summed E-state index contributed by atoms with van der Waals surface area (Å²) in [7, 11) is 0. The summed E-state index contributed by atoms with van der Waals surface area (Å²) in [6.07, 6.45) is 2.97. The normalized spacial score (nSPS) is 9.90. The predicted molar refractivity (Wildman–Crippen MR) is 83.3 cm³/mol. The van der Waals surface area contributed by atoms with Crippen LogP contribution in [0.1, 0.15) is 20.7 Å². The van der Waals surface area contributed by atoms with Gasteiger partial charge in [0.25, 0.3) is 11.8 Å². The minimum atomic E-state index is -0.435. The lowest BCUT2D eigenvalue weighted by atomic mass is 10.2. The standard InChI is InChI=1S/C13H9ClIN3O2/c14-10-4-3-8(6-11(10)15)12(19)17-18-13(20)9-2-1-5-16-7-9/h1-7H,(H,17,19)(H,18,20). The summed E-state index contributed by atoms with van der Waals surface area (Å²) in [5, 5.41) is 0.571. The highest BCUT2D eigenvalue weighted by Crippen LogP contribution is 2.19. The van der Waals surface area contributed by atoms with Crippen molar-refractivity contribution >= 4 is 46.0 Å². The highest BCUT2D eigenvalue weighted by atomic mass is 127. The first-order chi connectivity index (χ1) is 9.58. The number of nitrogens with one attached hydrogen (secondary N) is 2. The van der Waals surface area contributed by atoms with Gasteiger partial charge in [-0.1, -0.05) is 11.6 Å². The van der Waals surface area contributed by atoms with Crippen molar-refractivity contribution in [3.8, 4) is 0 Å². The van der Waals surface area contributed by atoms with E-state index in [-0.39, 0.29) is 0 Å². The number of hydrogen-bond donors (Lipinski definition) is 2. The van der Waals surface area contributed by atoms with Crippen LogP contribution in [0.2, 0.25) is 5.02 Å². The van der Waals surface area contributed by atoms with E-state index in [0.717, 1.165) is 3.57 Å². The van der Waals surface area contributed by atoms with E-state index in [1.165, 1.54) is 6.20 Å². The van der Waals surface area contributed by atoms with E-state index < -0.39 is 11.8 Å². The van der Waals surface area contributed by atoms with Crippen molar-refractivity contribution in [2.75, 3.05) is 0 Å². The molecule has 0 aliphatic rings. The number of halogens is 2. The zero-order valence-corrected chi connectivity index (χ0v) is 13.0. The van der Waals surface area contributed by atoms with E-state index >= 15 is 0 Å². The molecule has 0 aliphatic carbocycles. The van der Waals surface area contributed by atoms with Gasteiger partial charge in [-0.2, -0.15) is 0 Å².